The summed E-state index contributed by atoms with van der Waals surface area (Å²) in [7, 11) is 0. The summed E-state index contributed by atoms with van der Waals surface area (Å²) >= 11 is 4.05. The second-order valence-corrected chi connectivity index (χ2v) is 7.93. The van der Waals surface area contributed by atoms with Gasteiger partial charge in [-0.3, -0.25) is 14.4 Å². The van der Waals surface area contributed by atoms with Crippen LogP contribution >= 0.6 is 12.6 Å². The van der Waals surface area contributed by atoms with Crippen LogP contribution in [-0.2, 0) is 25.6 Å². The first-order valence-electron chi connectivity index (χ1n) is 10.2. The Bertz CT molecular complexity index is 774. The van der Waals surface area contributed by atoms with Gasteiger partial charge in [-0.15, -0.1) is 0 Å². The first-order valence-corrected chi connectivity index (χ1v) is 10.8. The van der Waals surface area contributed by atoms with Gasteiger partial charge in [0.2, 0.25) is 17.7 Å². The van der Waals surface area contributed by atoms with E-state index in [-0.39, 0.29) is 18.1 Å². The lowest BCUT2D eigenvalue weighted by atomic mass is 9.99. The van der Waals surface area contributed by atoms with Crippen molar-refractivity contribution in [2.75, 3.05) is 5.75 Å². The zero-order valence-corrected chi connectivity index (χ0v) is 19.1. The van der Waals surface area contributed by atoms with Gasteiger partial charge >= 0.3 is 5.97 Å². The molecule has 12 nitrogen and oxygen atoms in total. The van der Waals surface area contributed by atoms with E-state index in [1.807, 2.05) is 0 Å². The van der Waals surface area contributed by atoms with Gasteiger partial charge in [-0.05, 0) is 12.8 Å². The lowest BCUT2D eigenvalue weighted by molar-refractivity contribution is -0.143. The van der Waals surface area contributed by atoms with E-state index in [4.69, 9.17) is 5.73 Å². The highest BCUT2D eigenvalue weighted by molar-refractivity contribution is 7.80. The minimum atomic E-state index is -1.39. The Morgan fingerprint density at radius 3 is 2.22 bits per heavy atom. The number of aliphatic hydroxyl groups is 1. The fourth-order valence-electron chi connectivity index (χ4n) is 2.78. The minimum absolute atomic E-state index is 0.133. The van der Waals surface area contributed by atoms with Crippen LogP contribution in [0.3, 0.4) is 0 Å². The second-order valence-electron chi connectivity index (χ2n) is 7.57. The predicted molar refractivity (Wildman–Crippen MR) is 119 cm³/mol. The lowest BCUT2D eigenvalue weighted by Crippen LogP contribution is -2.60. The van der Waals surface area contributed by atoms with Crippen molar-refractivity contribution in [3.63, 3.8) is 0 Å². The average Bonchev–Trinajstić information content (AvgIpc) is 3.25. The highest BCUT2D eigenvalue weighted by Gasteiger charge is 2.33. The zero-order valence-electron chi connectivity index (χ0n) is 18.2. The maximum absolute atomic E-state index is 12.7. The van der Waals surface area contributed by atoms with E-state index < -0.39 is 54.0 Å². The summed E-state index contributed by atoms with van der Waals surface area (Å²) in [5, 5.41) is 26.5. The van der Waals surface area contributed by atoms with Gasteiger partial charge < -0.3 is 36.9 Å². The van der Waals surface area contributed by atoms with E-state index in [1.54, 1.807) is 13.8 Å². The molecule has 0 saturated carbocycles. The number of H-pyrrole nitrogens is 1. The van der Waals surface area contributed by atoms with Crippen molar-refractivity contribution in [3.8, 4) is 0 Å². The number of thiol groups is 1. The quantitative estimate of drug-likeness (QED) is 0.153. The van der Waals surface area contributed by atoms with E-state index in [9.17, 15) is 29.4 Å². The highest BCUT2D eigenvalue weighted by Crippen LogP contribution is 2.08. The molecule has 0 radical (unpaired) electrons. The Kier molecular flexibility index (Phi) is 11.2. The predicted octanol–water partition coefficient (Wildman–Crippen LogP) is -1.82. The zero-order chi connectivity index (χ0) is 24.4. The van der Waals surface area contributed by atoms with Gasteiger partial charge in [-0.25, -0.2) is 9.78 Å². The van der Waals surface area contributed by atoms with Crippen molar-refractivity contribution in [1.82, 2.24) is 25.9 Å². The average molecular weight is 473 g/mol. The SMILES string of the molecule is CCC(C)C(NC(=O)C(CS)NC(=O)C(NC(=O)C(N)Cc1cnc[nH]1)C(C)O)C(=O)O. The normalized spacial score (nSPS) is 16.7. The fraction of sp³-hybridized carbons (Fsp3) is 0.632. The Hall–Kier alpha value is -2.64. The standard InChI is InChI=1S/C19H32N6O6S/c1-4-9(2)14(19(30)31)24-17(28)13(7-32)23-18(29)15(10(3)26)25-16(27)12(20)5-11-6-21-8-22-11/h6,8-10,12-15,26,32H,4-5,7,20H2,1-3H3,(H,21,22)(H,23,29)(H,24,28)(H,25,27)(H,30,31). The molecule has 1 rings (SSSR count). The van der Waals surface area contributed by atoms with Gasteiger partial charge in [0.25, 0.3) is 0 Å². The van der Waals surface area contributed by atoms with Crippen molar-refractivity contribution in [2.24, 2.45) is 11.7 Å². The molecule has 0 spiro atoms. The molecule has 0 aliphatic heterocycles. The maximum atomic E-state index is 12.7. The van der Waals surface area contributed by atoms with Crippen LogP contribution in [0.1, 0.15) is 32.9 Å². The molecule has 6 unspecified atom stereocenters. The number of amides is 3. The molecule has 1 aromatic heterocycles. The largest absolute Gasteiger partial charge is 0.480 e. The summed E-state index contributed by atoms with van der Waals surface area (Å²) in [5.41, 5.74) is 6.47. The fourth-order valence-corrected chi connectivity index (χ4v) is 3.04. The minimum Gasteiger partial charge on any atom is -0.480 e. The molecule has 0 aliphatic carbocycles. The van der Waals surface area contributed by atoms with E-state index in [0.717, 1.165) is 0 Å². The Morgan fingerprint density at radius 2 is 1.75 bits per heavy atom. The molecule has 0 aliphatic rings. The molecule has 1 heterocycles. The maximum Gasteiger partial charge on any atom is 0.326 e. The number of nitrogens with one attached hydrogen (secondary N) is 4. The van der Waals surface area contributed by atoms with Crippen LogP contribution < -0.4 is 21.7 Å². The number of carbonyl (C=O) groups excluding carboxylic acids is 3. The molecule has 0 bridgehead atoms. The third-order valence-electron chi connectivity index (χ3n) is 4.99. The number of carboxylic acids is 1. The monoisotopic (exact) mass is 472 g/mol. The highest BCUT2D eigenvalue weighted by atomic mass is 32.1. The molecule has 6 atom stereocenters. The summed E-state index contributed by atoms with van der Waals surface area (Å²) in [5.74, 6) is -3.94. The third-order valence-corrected chi connectivity index (χ3v) is 5.35. The molecule has 3 amide bonds. The number of hydrogen-bond acceptors (Lipinski definition) is 8. The summed E-state index contributed by atoms with van der Waals surface area (Å²) in [6.45, 7) is 4.76. The molecule has 180 valence electrons. The van der Waals surface area contributed by atoms with Crippen LogP contribution in [0.4, 0.5) is 0 Å². The van der Waals surface area contributed by atoms with Gasteiger partial charge in [0.05, 0.1) is 18.5 Å². The van der Waals surface area contributed by atoms with E-state index in [1.165, 1.54) is 19.4 Å². The summed E-state index contributed by atoms with van der Waals surface area (Å²) in [6, 6.07) is -4.73. The molecule has 13 heteroatoms. The van der Waals surface area contributed by atoms with Gasteiger partial charge in [-0.2, -0.15) is 12.6 Å². The number of nitrogens with two attached hydrogens (primary N) is 1. The van der Waals surface area contributed by atoms with Crippen molar-refractivity contribution in [2.45, 2.75) is 63.9 Å². The van der Waals surface area contributed by atoms with Crippen molar-refractivity contribution in [3.05, 3.63) is 18.2 Å². The molecule has 0 saturated heterocycles. The molecular formula is C19H32N6O6S. The van der Waals surface area contributed by atoms with E-state index in [0.29, 0.717) is 12.1 Å². The second kappa shape index (κ2) is 13.0. The van der Waals surface area contributed by atoms with Crippen molar-refractivity contribution in [1.29, 1.82) is 0 Å². The third kappa shape index (κ3) is 8.13. The van der Waals surface area contributed by atoms with Gasteiger partial charge in [0.15, 0.2) is 0 Å². The molecule has 32 heavy (non-hydrogen) atoms. The van der Waals surface area contributed by atoms with Crippen molar-refractivity contribution < 1.29 is 29.4 Å². The van der Waals surface area contributed by atoms with Crippen LogP contribution in [0, 0.1) is 5.92 Å². The number of rotatable bonds is 13. The number of carbonyl (C=O) groups is 4. The number of aliphatic hydroxyl groups excluding tert-OH is 1. The van der Waals surface area contributed by atoms with Gasteiger partial charge in [0.1, 0.15) is 18.1 Å². The number of imidazole rings is 1. The number of aliphatic carboxylic acids is 1. The van der Waals surface area contributed by atoms with Crippen LogP contribution in [0.15, 0.2) is 12.5 Å². The first kappa shape index (κ1) is 27.4. The number of aromatic amines is 1. The lowest BCUT2D eigenvalue weighted by Gasteiger charge is -2.26. The molecule has 1 aromatic rings. The van der Waals surface area contributed by atoms with Crippen LogP contribution in [0.5, 0.6) is 0 Å². The smallest absolute Gasteiger partial charge is 0.326 e. The van der Waals surface area contributed by atoms with Crippen molar-refractivity contribution >= 4 is 36.3 Å². The van der Waals surface area contributed by atoms with E-state index in [2.05, 4.69) is 38.5 Å². The summed E-state index contributed by atoms with van der Waals surface area (Å²) in [4.78, 5) is 55.7. The van der Waals surface area contributed by atoms with Crippen LogP contribution in [-0.4, -0.2) is 79.9 Å². The topological polar surface area (TPSA) is 200 Å². The van der Waals surface area contributed by atoms with Crippen LogP contribution in [0.25, 0.3) is 0 Å². The number of nitrogens with zero attached hydrogens (tertiary/aromatic N) is 1. The summed E-state index contributed by atoms with van der Waals surface area (Å²) < 4.78 is 0. The number of hydrogen-bond donors (Lipinski definition) is 8. The number of carboxylic acid groups (broad SMARTS) is 1. The Labute approximate surface area is 191 Å². The van der Waals surface area contributed by atoms with E-state index >= 15 is 0 Å². The van der Waals surface area contributed by atoms with Crippen LogP contribution in [0.2, 0.25) is 0 Å². The number of aromatic nitrogens is 2. The molecular weight excluding hydrogens is 440 g/mol. The Balaban J connectivity index is 2.80. The Morgan fingerprint density at radius 1 is 1.12 bits per heavy atom. The van der Waals surface area contributed by atoms with Gasteiger partial charge in [-0.1, -0.05) is 20.3 Å². The molecule has 0 fully saturated rings. The summed E-state index contributed by atoms with van der Waals surface area (Å²) in [6.07, 6.45) is 2.29. The molecule has 0 aromatic carbocycles. The van der Waals surface area contributed by atoms with Gasteiger partial charge in [0, 0.05) is 24.1 Å². The molecule has 8 N–H and O–H groups in total. The first-order chi connectivity index (χ1) is 15.0.